The van der Waals surface area contributed by atoms with Crippen molar-refractivity contribution in [1.29, 1.82) is 0 Å². The molecule has 0 unspecified atom stereocenters. The van der Waals surface area contributed by atoms with Gasteiger partial charge in [-0.2, -0.15) is 5.10 Å². The Balaban J connectivity index is 1.96. The van der Waals surface area contributed by atoms with Gasteiger partial charge in [0, 0.05) is 24.9 Å². The molecule has 3 nitrogen and oxygen atoms in total. The summed E-state index contributed by atoms with van der Waals surface area (Å²) in [6.07, 6.45) is 1.29. The summed E-state index contributed by atoms with van der Waals surface area (Å²) < 4.78 is 16.1. The summed E-state index contributed by atoms with van der Waals surface area (Å²) >= 11 is 0. The van der Waals surface area contributed by atoms with Crippen molar-refractivity contribution in [3.8, 4) is 0 Å². The Kier molecular flexibility index (Phi) is 2.23. The Labute approximate surface area is 99.4 Å². The normalized spacial score (nSPS) is 28.3. The third-order valence-electron chi connectivity index (χ3n) is 3.57. The third kappa shape index (κ3) is 1.72. The predicted molar refractivity (Wildman–Crippen MR) is 65.5 cm³/mol. The fourth-order valence-corrected chi connectivity index (χ4v) is 2.74. The van der Waals surface area contributed by atoms with E-state index in [4.69, 9.17) is 5.73 Å². The molecule has 2 aromatic rings. The lowest BCUT2D eigenvalue weighted by Crippen LogP contribution is -2.49. The van der Waals surface area contributed by atoms with Crippen molar-refractivity contribution in [2.24, 2.45) is 12.8 Å². The lowest BCUT2D eigenvalue weighted by Gasteiger charge is -2.38. The number of para-hydroxylation sites is 1. The topological polar surface area (TPSA) is 43.8 Å². The molecule has 0 radical (unpaired) electrons. The molecule has 0 atom stereocenters. The van der Waals surface area contributed by atoms with Crippen molar-refractivity contribution in [2.45, 2.75) is 31.0 Å². The first-order chi connectivity index (χ1) is 8.07. The van der Waals surface area contributed by atoms with Crippen LogP contribution in [0.5, 0.6) is 0 Å². The Morgan fingerprint density at radius 1 is 1.47 bits per heavy atom. The molecule has 4 heteroatoms. The van der Waals surface area contributed by atoms with Gasteiger partial charge in [0.25, 0.3) is 0 Å². The third-order valence-corrected chi connectivity index (χ3v) is 3.57. The van der Waals surface area contributed by atoms with Crippen LogP contribution in [0.25, 0.3) is 10.9 Å². The van der Waals surface area contributed by atoms with Crippen molar-refractivity contribution in [3.63, 3.8) is 0 Å². The summed E-state index contributed by atoms with van der Waals surface area (Å²) in [6.45, 7) is 0. The zero-order valence-electron chi connectivity index (χ0n) is 9.86. The fourth-order valence-electron chi connectivity index (χ4n) is 2.74. The van der Waals surface area contributed by atoms with Crippen LogP contribution in [-0.2, 0) is 13.5 Å². The number of benzene rings is 1. The number of hydrogen-bond donors (Lipinski definition) is 1. The number of nitrogens with two attached hydrogens (primary N) is 1. The second kappa shape index (κ2) is 3.53. The molecule has 17 heavy (non-hydrogen) atoms. The van der Waals surface area contributed by atoms with Gasteiger partial charge in [0.2, 0.25) is 0 Å². The minimum Gasteiger partial charge on any atom is -0.327 e. The molecule has 1 fully saturated rings. The number of aromatic nitrogens is 2. The van der Waals surface area contributed by atoms with E-state index < -0.39 is 5.67 Å². The van der Waals surface area contributed by atoms with Gasteiger partial charge in [0.1, 0.15) is 5.67 Å². The van der Waals surface area contributed by atoms with Crippen LogP contribution in [0.4, 0.5) is 4.39 Å². The molecule has 0 amide bonds. The van der Waals surface area contributed by atoms with Crippen molar-refractivity contribution < 1.29 is 4.39 Å². The van der Waals surface area contributed by atoms with Gasteiger partial charge in [0.15, 0.2) is 0 Å². The van der Waals surface area contributed by atoms with E-state index >= 15 is 0 Å². The second-order valence-corrected chi connectivity index (χ2v) is 5.08. The minimum atomic E-state index is -1.14. The number of hydrogen-bond acceptors (Lipinski definition) is 2. The van der Waals surface area contributed by atoms with Crippen LogP contribution in [-0.4, -0.2) is 21.5 Å². The molecule has 1 heterocycles. The van der Waals surface area contributed by atoms with Crippen LogP contribution in [0.15, 0.2) is 24.3 Å². The van der Waals surface area contributed by atoms with Gasteiger partial charge in [-0.1, -0.05) is 18.2 Å². The van der Waals surface area contributed by atoms with Crippen LogP contribution in [0.3, 0.4) is 0 Å². The number of alkyl halides is 1. The maximum Gasteiger partial charge on any atom is 0.119 e. The van der Waals surface area contributed by atoms with Gasteiger partial charge in [-0.05, 0) is 18.9 Å². The Morgan fingerprint density at radius 3 is 2.88 bits per heavy atom. The van der Waals surface area contributed by atoms with E-state index in [-0.39, 0.29) is 6.04 Å². The highest BCUT2D eigenvalue weighted by Gasteiger charge is 2.43. The molecule has 0 spiro atoms. The average molecular weight is 233 g/mol. The maximum absolute atomic E-state index is 14.3. The molecule has 0 bridgehead atoms. The molecule has 1 aliphatic carbocycles. The summed E-state index contributed by atoms with van der Waals surface area (Å²) in [5, 5.41) is 5.47. The van der Waals surface area contributed by atoms with Gasteiger partial charge in [-0.25, -0.2) is 4.39 Å². The Hall–Kier alpha value is -1.42. The van der Waals surface area contributed by atoms with E-state index in [9.17, 15) is 4.39 Å². The largest absolute Gasteiger partial charge is 0.327 e. The zero-order chi connectivity index (χ0) is 12.0. The van der Waals surface area contributed by atoms with Crippen molar-refractivity contribution in [2.75, 3.05) is 0 Å². The van der Waals surface area contributed by atoms with Gasteiger partial charge in [0.05, 0.1) is 11.2 Å². The van der Waals surface area contributed by atoms with E-state index in [2.05, 4.69) is 5.10 Å². The SMILES string of the molecule is Cn1nc(CC2(F)CC(N)C2)c2ccccc21. The van der Waals surface area contributed by atoms with Crippen LogP contribution in [0.2, 0.25) is 0 Å². The van der Waals surface area contributed by atoms with Gasteiger partial charge in [-0.15, -0.1) is 0 Å². The summed E-state index contributed by atoms with van der Waals surface area (Å²) in [4.78, 5) is 0. The minimum absolute atomic E-state index is 0.0231. The molecule has 3 rings (SSSR count). The first-order valence-electron chi connectivity index (χ1n) is 5.92. The van der Waals surface area contributed by atoms with E-state index in [0.717, 1.165) is 16.6 Å². The molecule has 0 aliphatic heterocycles. The predicted octanol–water partition coefficient (Wildman–Crippen LogP) is 1.95. The van der Waals surface area contributed by atoms with Crippen molar-refractivity contribution in [3.05, 3.63) is 30.0 Å². The lowest BCUT2D eigenvalue weighted by atomic mass is 9.75. The highest BCUT2D eigenvalue weighted by atomic mass is 19.1. The van der Waals surface area contributed by atoms with Crippen LogP contribution in [0.1, 0.15) is 18.5 Å². The van der Waals surface area contributed by atoms with E-state index in [1.807, 2.05) is 36.0 Å². The molecule has 1 aliphatic rings. The number of halogens is 1. The summed E-state index contributed by atoms with van der Waals surface area (Å²) in [7, 11) is 1.89. The average Bonchev–Trinajstić information content (AvgIpc) is 2.55. The van der Waals surface area contributed by atoms with Gasteiger partial charge < -0.3 is 5.73 Å². The van der Waals surface area contributed by atoms with E-state index in [0.29, 0.717) is 19.3 Å². The summed E-state index contributed by atoms with van der Waals surface area (Å²) in [5.74, 6) is 0. The first-order valence-corrected chi connectivity index (χ1v) is 5.92. The number of aryl methyl sites for hydroxylation is 1. The van der Waals surface area contributed by atoms with Gasteiger partial charge in [-0.3, -0.25) is 4.68 Å². The van der Waals surface area contributed by atoms with E-state index in [1.54, 1.807) is 0 Å². The first kappa shape index (κ1) is 10.7. The Bertz CT molecular complexity index is 555. The molecule has 1 aromatic carbocycles. The second-order valence-electron chi connectivity index (χ2n) is 5.08. The Morgan fingerprint density at radius 2 is 2.18 bits per heavy atom. The standard InChI is InChI=1S/C13H16FN3/c1-17-12-5-3-2-4-10(12)11(16-17)8-13(14)6-9(15)7-13/h2-5,9H,6-8,15H2,1H3. The molecular formula is C13H16FN3. The molecule has 0 saturated heterocycles. The number of nitrogens with zero attached hydrogens (tertiary/aromatic N) is 2. The maximum atomic E-state index is 14.3. The molecule has 1 saturated carbocycles. The van der Waals surface area contributed by atoms with Crippen LogP contribution < -0.4 is 5.73 Å². The zero-order valence-corrected chi connectivity index (χ0v) is 9.86. The molecular weight excluding hydrogens is 217 g/mol. The lowest BCUT2D eigenvalue weighted by molar-refractivity contribution is 0.0437. The smallest absolute Gasteiger partial charge is 0.119 e. The van der Waals surface area contributed by atoms with Crippen LogP contribution in [0, 0.1) is 0 Å². The molecule has 1 aromatic heterocycles. The number of rotatable bonds is 2. The molecule has 90 valence electrons. The summed E-state index contributed by atoms with van der Waals surface area (Å²) in [6, 6.07) is 7.96. The highest BCUT2D eigenvalue weighted by Crippen LogP contribution is 2.38. The van der Waals surface area contributed by atoms with Gasteiger partial charge >= 0.3 is 0 Å². The fraction of sp³-hybridized carbons (Fsp3) is 0.462. The van der Waals surface area contributed by atoms with Crippen molar-refractivity contribution >= 4 is 10.9 Å². The highest BCUT2D eigenvalue weighted by molar-refractivity contribution is 5.81. The monoisotopic (exact) mass is 233 g/mol. The van der Waals surface area contributed by atoms with Crippen LogP contribution >= 0.6 is 0 Å². The van der Waals surface area contributed by atoms with E-state index in [1.165, 1.54) is 0 Å². The van der Waals surface area contributed by atoms with Crippen molar-refractivity contribution in [1.82, 2.24) is 9.78 Å². The summed E-state index contributed by atoms with van der Waals surface area (Å²) in [5.41, 5.74) is 6.41. The molecule has 2 N–H and O–H groups in total. The number of fused-ring (bicyclic) bond motifs is 1. The quantitative estimate of drug-likeness (QED) is 0.861.